The lowest BCUT2D eigenvalue weighted by Crippen LogP contribution is -2.46. The minimum atomic E-state index is -4.08. The van der Waals surface area contributed by atoms with Gasteiger partial charge in [0.15, 0.2) is 0 Å². The molecule has 0 radical (unpaired) electrons. The SMILES string of the molecule is CC(C)(C)OC(=O)N1CCC(C=O)CC1.CC(C)(C)OC(=O)N1CCC(CN2CCCC(C(F)(F)F)C2)CC1. The van der Waals surface area contributed by atoms with Gasteiger partial charge < -0.3 is 29.0 Å². The number of carbonyl (C=O) groups excluding carboxylic acids is 3. The van der Waals surface area contributed by atoms with Crippen molar-refractivity contribution in [1.29, 1.82) is 0 Å². The van der Waals surface area contributed by atoms with Crippen molar-refractivity contribution in [3.8, 4) is 0 Å². The van der Waals surface area contributed by atoms with Crippen LogP contribution in [0.5, 0.6) is 0 Å². The highest BCUT2D eigenvalue weighted by atomic mass is 19.4. The van der Waals surface area contributed by atoms with E-state index in [2.05, 4.69) is 0 Å². The van der Waals surface area contributed by atoms with Gasteiger partial charge in [0.05, 0.1) is 5.92 Å². The predicted octanol–water partition coefficient (Wildman–Crippen LogP) is 5.74. The van der Waals surface area contributed by atoms with E-state index in [-0.39, 0.29) is 31.1 Å². The highest BCUT2D eigenvalue weighted by molar-refractivity contribution is 5.69. The molecule has 3 fully saturated rings. The van der Waals surface area contributed by atoms with Crippen molar-refractivity contribution in [3.05, 3.63) is 0 Å². The summed E-state index contributed by atoms with van der Waals surface area (Å²) >= 11 is 0. The predicted molar refractivity (Wildman–Crippen MR) is 142 cm³/mol. The lowest BCUT2D eigenvalue weighted by Gasteiger charge is -2.38. The molecule has 0 aromatic carbocycles. The Morgan fingerprint density at radius 3 is 1.64 bits per heavy atom. The topological polar surface area (TPSA) is 79.4 Å². The van der Waals surface area contributed by atoms with Crippen LogP contribution in [0.1, 0.15) is 80.1 Å². The van der Waals surface area contributed by atoms with Crippen molar-refractivity contribution in [1.82, 2.24) is 14.7 Å². The minimum absolute atomic E-state index is 0.115. The molecule has 3 saturated heterocycles. The normalized spacial score (nSPS) is 22.5. The second-order valence-electron chi connectivity index (χ2n) is 13.0. The number of hydrogen-bond acceptors (Lipinski definition) is 6. The van der Waals surface area contributed by atoms with Crippen molar-refractivity contribution in [2.45, 2.75) is 97.4 Å². The molecule has 2 amide bonds. The fourth-order valence-electron chi connectivity index (χ4n) is 5.02. The molecule has 226 valence electrons. The standard InChI is InChI=1S/C17H29F3N2O2.C11H19NO3/c1-16(2,3)24-15(23)22-9-6-13(7-10-22)11-21-8-4-5-14(12-21)17(18,19)20;1-11(2,3)15-10(14)12-6-4-9(8-13)5-7-12/h13-14H,4-12H2,1-3H3;8-9H,4-7H2,1-3H3. The molecule has 39 heavy (non-hydrogen) atoms. The summed E-state index contributed by atoms with van der Waals surface area (Å²) in [5.41, 5.74) is -0.951. The monoisotopic (exact) mass is 563 g/mol. The van der Waals surface area contributed by atoms with E-state index >= 15 is 0 Å². The van der Waals surface area contributed by atoms with Crippen molar-refractivity contribution in [2.24, 2.45) is 17.8 Å². The van der Waals surface area contributed by atoms with Crippen LogP contribution in [0.25, 0.3) is 0 Å². The molecule has 0 N–H and O–H groups in total. The third kappa shape index (κ3) is 12.3. The summed E-state index contributed by atoms with van der Waals surface area (Å²) in [7, 11) is 0. The van der Waals surface area contributed by atoms with Gasteiger partial charge in [-0.25, -0.2) is 9.59 Å². The van der Waals surface area contributed by atoms with Crippen LogP contribution >= 0.6 is 0 Å². The number of alkyl halides is 3. The fourth-order valence-corrected chi connectivity index (χ4v) is 5.02. The van der Waals surface area contributed by atoms with Crippen LogP contribution < -0.4 is 0 Å². The van der Waals surface area contributed by atoms with E-state index in [1.165, 1.54) is 0 Å². The van der Waals surface area contributed by atoms with E-state index in [9.17, 15) is 27.6 Å². The first-order chi connectivity index (χ1) is 18.0. The number of aldehydes is 1. The lowest BCUT2D eigenvalue weighted by molar-refractivity contribution is -0.187. The van der Waals surface area contributed by atoms with Gasteiger partial charge >= 0.3 is 18.4 Å². The number of carbonyl (C=O) groups is 3. The van der Waals surface area contributed by atoms with E-state index in [1.54, 1.807) is 9.80 Å². The molecule has 1 unspecified atom stereocenters. The molecule has 8 nitrogen and oxygen atoms in total. The summed E-state index contributed by atoms with van der Waals surface area (Å²) in [6.07, 6.45) is 0.344. The molecule has 3 aliphatic heterocycles. The number of ether oxygens (including phenoxy) is 2. The van der Waals surface area contributed by atoms with Crippen molar-refractivity contribution in [3.63, 3.8) is 0 Å². The van der Waals surface area contributed by atoms with E-state index in [0.717, 1.165) is 38.5 Å². The maximum Gasteiger partial charge on any atom is 0.410 e. The minimum Gasteiger partial charge on any atom is -0.444 e. The zero-order valence-corrected chi connectivity index (χ0v) is 24.5. The Morgan fingerprint density at radius 1 is 0.769 bits per heavy atom. The Kier molecular flexibility index (Phi) is 11.9. The summed E-state index contributed by atoms with van der Waals surface area (Å²) in [5.74, 6) is -0.715. The summed E-state index contributed by atoms with van der Waals surface area (Å²) in [5, 5.41) is 0. The summed E-state index contributed by atoms with van der Waals surface area (Å²) in [4.78, 5) is 39.5. The molecule has 1 atom stereocenters. The van der Waals surface area contributed by atoms with Gasteiger partial charge in [0.2, 0.25) is 0 Å². The van der Waals surface area contributed by atoms with E-state index in [0.29, 0.717) is 45.1 Å². The quantitative estimate of drug-likeness (QED) is 0.408. The van der Waals surface area contributed by atoms with Crippen molar-refractivity contribution in [2.75, 3.05) is 45.8 Å². The second-order valence-corrected chi connectivity index (χ2v) is 13.0. The number of nitrogens with zero attached hydrogens (tertiary/aromatic N) is 3. The van der Waals surface area contributed by atoms with Crippen LogP contribution in [0.4, 0.5) is 22.8 Å². The van der Waals surface area contributed by atoms with E-state index in [4.69, 9.17) is 9.47 Å². The molecule has 11 heteroatoms. The zero-order chi connectivity index (χ0) is 29.4. The highest BCUT2D eigenvalue weighted by Crippen LogP contribution is 2.34. The summed E-state index contributed by atoms with van der Waals surface area (Å²) < 4.78 is 49.3. The van der Waals surface area contributed by atoms with Crippen LogP contribution in [0.3, 0.4) is 0 Å². The Balaban J connectivity index is 0.000000306. The maximum atomic E-state index is 12.9. The second kappa shape index (κ2) is 14.0. The van der Waals surface area contributed by atoms with Gasteiger partial charge in [-0.3, -0.25) is 0 Å². The number of halogens is 3. The van der Waals surface area contributed by atoms with Gasteiger partial charge in [-0.05, 0) is 92.5 Å². The van der Waals surface area contributed by atoms with Crippen LogP contribution in [0.2, 0.25) is 0 Å². The fraction of sp³-hybridized carbons (Fsp3) is 0.893. The lowest BCUT2D eigenvalue weighted by atomic mass is 9.93. The number of amides is 2. The molecule has 3 heterocycles. The van der Waals surface area contributed by atoms with Gasteiger partial charge in [-0.15, -0.1) is 0 Å². The van der Waals surface area contributed by atoms with E-state index in [1.807, 2.05) is 46.4 Å². The average molecular weight is 564 g/mol. The molecular formula is C28H48F3N3O5. The molecule has 3 aliphatic rings. The van der Waals surface area contributed by atoms with Gasteiger partial charge in [0.1, 0.15) is 17.5 Å². The largest absolute Gasteiger partial charge is 0.444 e. The molecule has 0 aromatic heterocycles. The van der Waals surface area contributed by atoms with Gasteiger partial charge in [-0.2, -0.15) is 13.2 Å². The van der Waals surface area contributed by atoms with Crippen LogP contribution in [-0.2, 0) is 14.3 Å². The van der Waals surface area contributed by atoms with Gasteiger partial charge in [0.25, 0.3) is 0 Å². The molecule has 0 spiro atoms. The number of likely N-dealkylation sites (tertiary alicyclic amines) is 3. The molecule has 0 bridgehead atoms. The Morgan fingerprint density at radius 2 is 1.23 bits per heavy atom. The maximum absolute atomic E-state index is 12.9. The van der Waals surface area contributed by atoms with Gasteiger partial charge in [0, 0.05) is 45.2 Å². The first-order valence-electron chi connectivity index (χ1n) is 14.2. The Hall–Kier alpha value is -2.04. The highest BCUT2D eigenvalue weighted by Gasteiger charge is 2.42. The molecule has 0 aromatic rings. The van der Waals surface area contributed by atoms with Gasteiger partial charge in [-0.1, -0.05) is 0 Å². The van der Waals surface area contributed by atoms with Crippen LogP contribution in [0, 0.1) is 17.8 Å². The zero-order valence-electron chi connectivity index (χ0n) is 24.5. The van der Waals surface area contributed by atoms with Crippen LogP contribution in [-0.4, -0.2) is 96.4 Å². The smallest absolute Gasteiger partial charge is 0.410 e. The van der Waals surface area contributed by atoms with Crippen molar-refractivity contribution < 1.29 is 37.0 Å². The summed E-state index contributed by atoms with van der Waals surface area (Å²) in [6.45, 7) is 15.1. The molecule has 3 rings (SSSR count). The first-order valence-corrected chi connectivity index (χ1v) is 14.2. The molecule has 0 saturated carbocycles. The summed E-state index contributed by atoms with van der Waals surface area (Å²) in [6, 6.07) is 0. The number of hydrogen-bond donors (Lipinski definition) is 0. The number of rotatable bonds is 3. The third-order valence-corrected chi connectivity index (χ3v) is 7.13. The number of piperidine rings is 3. The molecule has 0 aliphatic carbocycles. The third-order valence-electron chi connectivity index (χ3n) is 7.13. The average Bonchev–Trinajstić information content (AvgIpc) is 2.82. The Bertz CT molecular complexity index is 794. The van der Waals surface area contributed by atoms with Crippen LogP contribution in [0.15, 0.2) is 0 Å². The first kappa shape index (κ1) is 33.2. The van der Waals surface area contributed by atoms with Crippen molar-refractivity contribution >= 4 is 18.5 Å². The Labute approximate surface area is 231 Å². The molecular weight excluding hydrogens is 515 g/mol. The van der Waals surface area contributed by atoms with E-state index < -0.39 is 23.3 Å².